The minimum absolute atomic E-state index is 0.00638. The molecule has 1 aliphatic heterocycles. The van der Waals surface area contributed by atoms with Gasteiger partial charge in [0.2, 0.25) is 5.91 Å². The van der Waals surface area contributed by atoms with E-state index in [9.17, 15) is 9.18 Å². The first-order valence-corrected chi connectivity index (χ1v) is 9.28. The molecule has 24 heavy (non-hydrogen) atoms. The lowest BCUT2D eigenvalue weighted by molar-refractivity contribution is -0.123. The van der Waals surface area contributed by atoms with Crippen LogP contribution in [0, 0.1) is 12.7 Å². The van der Waals surface area contributed by atoms with E-state index < -0.39 is 0 Å². The molecule has 3 rings (SSSR count). The van der Waals surface area contributed by atoms with Gasteiger partial charge in [0, 0.05) is 24.0 Å². The maximum absolute atomic E-state index is 13.6. The number of rotatable bonds is 5. The van der Waals surface area contributed by atoms with Crippen molar-refractivity contribution in [1.82, 2.24) is 10.2 Å². The maximum atomic E-state index is 13.6. The summed E-state index contributed by atoms with van der Waals surface area (Å²) in [6.45, 7) is 5.57. The molecule has 5 heteroatoms. The van der Waals surface area contributed by atoms with Crippen LogP contribution in [0.5, 0.6) is 0 Å². The quantitative estimate of drug-likeness (QED) is 0.893. The molecule has 0 radical (unpaired) electrons. The Kier molecular flexibility index (Phi) is 5.31. The average Bonchev–Trinajstić information content (AvgIpc) is 3.04. The fourth-order valence-corrected chi connectivity index (χ4v) is 4.23. The van der Waals surface area contributed by atoms with Gasteiger partial charge in [-0.3, -0.25) is 9.69 Å². The number of aryl methyl sites for hydroxylation is 1. The summed E-state index contributed by atoms with van der Waals surface area (Å²) in [5.41, 5.74) is 2.79. The predicted octanol–water partition coefficient (Wildman–Crippen LogP) is 3.82. The number of carbonyl (C=O) groups excluding carboxylic acids is 1. The van der Waals surface area contributed by atoms with E-state index in [1.165, 1.54) is 16.5 Å². The van der Waals surface area contributed by atoms with E-state index in [1.54, 1.807) is 13.0 Å². The number of nitrogens with zero attached hydrogens (tertiary/aromatic N) is 1. The summed E-state index contributed by atoms with van der Waals surface area (Å²) in [6, 6.07) is 7.59. The second kappa shape index (κ2) is 7.45. The summed E-state index contributed by atoms with van der Waals surface area (Å²) in [4.78, 5) is 16.0. The second-order valence-electron chi connectivity index (χ2n) is 6.30. The number of halogens is 1. The molecule has 128 valence electrons. The number of nitrogens with one attached hydrogen (secondary N) is 1. The first-order chi connectivity index (χ1) is 11.6. The summed E-state index contributed by atoms with van der Waals surface area (Å²) in [7, 11) is 0. The molecule has 1 aromatic carbocycles. The largest absolute Gasteiger partial charge is 0.351 e. The molecule has 0 fully saturated rings. The standard InChI is InChI=1S/C19H23FN2OS/c1-3-17-15-7-9-24-18(15)6-8-22(17)12-19(23)21-11-14-5-4-13(2)16(20)10-14/h4-5,7,9-10,17H,3,6,8,11-12H2,1-2H3,(H,21,23). The van der Waals surface area contributed by atoms with Crippen molar-refractivity contribution in [2.45, 2.75) is 39.3 Å². The Bertz CT molecular complexity index is 728. The van der Waals surface area contributed by atoms with Crippen LogP contribution in [-0.2, 0) is 17.8 Å². The summed E-state index contributed by atoms with van der Waals surface area (Å²) >= 11 is 1.81. The number of fused-ring (bicyclic) bond motifs is 1. The van der Waals surface area contributed by atoms with Gasteiger partial charge in [-0.05, 0) is 54.0 Å². The fourth-order valence-electron chi connectivity index (χ4n) is 3.30. The van der Waals surface area contributed by atoms with Crippen LogP contribution in [0.3, 0.4) is 0 Å². The first kappa shape index (κ1) is 17.1. The van der Waals surface area contributed by atoms with E-state index in [2.05, 4.69) is 28.6 Å². The van der Waals surface area contributed by atoms with Crippen LogP contribution < -0.4 is 5.32 Å². The number of benzene rings is 1. The summed E-state index contributed by atoms with van der Waals surface area (Å²) in [6.07, 6.45) is 2.01. The summed E-state index contributed by atoms with van der Waals surface area (Å²) in [5, 5.41) is 5.05. The highest BCUT2D eigenvalue weighted by atomic mass is 32.1. The number of hydrogen-bond donors (Lipinski definition) is 1. The third-order valence-corrected chi connectivity index (χ3v) is 5.66. The van der Waals surface area contributed by atoms with Crippen molar-refractivity contribution < 1.29 is 9.18 Å². The van der Waals surface area contributed by atoms with Crippen molar-refractivity contribution >= 4 is 17.2 Å². The molecule has 1 atom stereocenters. The average molecular weight is 346 g/mol. The van der Waals surface area contributed by atoms with E-state index in [1.807, 2.05) is 17.4 Å². The van der Waals surface area contributed by atoms with Gasteiger partial charge >= 0.3 is 0 Å². The van der Waals surface area contributed by atoms with Crippen molar-refractivity contribution in [2.75, 3.05) is 13.1 Å². The molecule has 0 saturated heterocycles. The monoisotopic (exact) mass is 346 g/mol. The van der Waals surface area contributed by atoms with Crippen molar-refractivity contribution in [2.24, 2.45) is 0 Å². The lowest BCUT2D eigenvalue weighted by Gasteiger charge is -2.34. The van der Waals surface area contributed by atoms with Gasteiger partial charge in [0.15, 0.2) is 0 Å². The zero-order valence-corrected chi connectivity index (χ0v) is 15.0. The van der Waals surface area contributed by atoms with Crippen LogP contribution in [0.4, 0.5) is 4.39 Å². The van der Waals surface area contributed by atoms with Gasteiger partial charge in [-0.2, -0.15) is 0 Å². The van der Waals surface area contributed by atoms with Gasteiger partial charge in [-0.1, -0.05) is 19.1 Å². The maximum Gasteiger partial charge on any atom is 0.234 e. The zero-order chi connectivity index (χ0) is 17.1. The molecule has 1 aromatic heterocycles. The van der Waals surface area contributed by atoms with Crippen molar-refractivity contribution in [3.8, 4) is 0 Å². The molecule has 3 nitrogen and oxygen atoms in total. The van der Waals surface area contributed by atoms with Crippen LogP contribution in [0.2, 0.25) is 0 Å². The predicted molar refractivity (Wildman–Crippen MR) is 95.6 cm³/mol. The lowest BCUT2D eigenvalue weighted by atomic mass is 9.98. The van der Waals surface area contributed by atoms with E-state index >= 15 is 0 Å². The third-order valence-electron chi connectivity index (χ3n) is 4.67. The van der Waals surface area contributed by atoms with Crippen LogP contribution in [0.25, 0.3) is 0 Å². The number of thiophene rings is 1. The van der Waals surface area contributed by atoms with Gasteiger partial charge < -0.3 is 5.32 Å². The SMILES string of the molecule is CCC1c2ccsc2CCN1CC(=O)NCc1ccc(C)c(F)c1. The van der Waals surface area contributed by atoms with Gasteiger partial charge in [0.25, 0.3) is 0 Å². The summed E-state index contributed by atoms with van der Waals surface area (Å²) < 4.78 is 13.6. The van der Waals surface area contributed by atoms with E-state index in [4.69, 9.17) is 0 Å². The molecule has 1 amide bonds. The highest BCUT2D eigenvalue weighted by Crippen LogP contribution is 2.34. The number of hydrogen-bond acceptors (Lipinski definition) is 3. The van der Waals surface area contributed by atoms with Crippen LogP contribution in [0.1, 0.15) is 41.0 Å². The Morgan fingerprint density at radius 2 is 2.25 bits per heavy atom. The van der Waals surface area contributed by atoms with Crippen LogP contribution in [0.15, 0.2) is 29.6 Å². The third kappa shape index (κ3) is 3.68. The Labute approximate surface area is 146 Å². The Balaban J connectivity index is 1.57. The molecule has 1 N–H and O–H groups in total. The number of carbonyl (C=O) groups is 1. The molecule has 0 bridgehead atoms. The second-order valence-corrected chi connectivity index (χ2v) is 7.30. The minimum Gasteiger partial charge on any atom is -0.351 e. The van der Waals surface area contributed by atoms with Gasteiger partial charge in [-0.25, -0.2) is 4.39 Å². The Morgan fingerprint density at radius 1 is 1.42 bits per heavy atom. The fraction of sp³-hybridized carbons (Fsp3) is 0.421. The molecular weight excluding hydrogens is 323 g/mol. The highest BCUT2D eigenvalue weighted by Gasteiger charge is 2.28. The highest BCUT2D eigenvalue weighted by molar-refractivity contribution is 7.10. The normalized spacial score (nSPS) is 17.5. The first-order valence-electron chi connectivity index (χ1n) is 8.40. The van der Waals surface area contributed by atoms with Crippen LogP contribution in [-0.4, -0.2) is 23.9 Å². The molecule has 1 aliphatic rings. The Morgan fingerprint density at radius 3 is 3.00 bits per heavy atom. The minimum atomic E-state index is -0.228. The Hall–Kier alpha value is -1.72. The van der Waals surface area contributed by atoms with Gasteiger partial charge in [0.05, 0.1) is 6.54 Å². The smallest absolute Gasteiger partial charge is 0.234 e. The van der Waals surface area contributed by atoms with E-state index in [0.717, 1.165) is 24.9 Å². The molecule has 0 aliphatic carbocycles. The van der Waals surface area contributed by atoms with Crippen molar-refractivity contribution in [3.63, 3.8) is 0 Å². The van der Waals surface area contributed by atoms with Crippen LogP contribution >= 0.6 is 11.3 Å². The molecule has 2 aromatic rings. The van der Waals surface area contributed by atoms with E-state index in [-0.39, 0.29) is 11.7 Å². The van der Waals surface area contributed by atoms with Gasteiger partial charge in [0.1, 0.15) is 5.82 Å². The lowest BCUT2D eigenvalue weighted by Crippen LogP contribution is -2.42. The number of amides is 1. The molecule has 1 unspecified atom stereocenters. The molecule has 2 heterocycles. The molecule has 0 saturated carbocycles. The summed E-state index contributed by atoms with van der Waals surface area (Å²) in [5.74, 6) is -0.234. The molecule has 0 spiro atoms. The van der Waals surface area contributed by atoms with Gasteiger partial charge in [-0.15, -0.1) is 11.3 Å². The van der Waals surface area contributed by atoms with Crippen molar-refractivity contribution in [3.05, 3.63) is 57.0 Å². The van der Waals surface area contributed by atoms with E-state index in [0.29, 0.717) is 24.7 Å². The molecular formula is C19H23FN2OS. The topological polar surface area (TPSA) is 32.3 Å². The zero-order valence-electron chi connectivity index (χ0n) is 14.1. The van der Waals surface area contributed by atoms with Crippen molar-refractivity contribution in [1.29, 1.82) is 0 Å².